The maximum atomic E-state index is 11.6. The monoisotopic (exact) mass is 193 g/mol. The number of hydrogen-bond acceptors (Lipinski definition) is 2. The number of rotatable bonds is 0. The maximum absolute atomic E-state index is 11.6. The van der Waals surface area contributed by atoms with Gasteiger partial charge in [-0.05, 0) is 32.1 Å². The molecule has 2 aliphatic carbocycles. The summed E-state index contributed by atoms with van der Waals surface area (Å²) in [5.41, 5.74) is 0.295. The summed E-state index contributed by atoms with van der Waals surface area (Å²) in [4.78, 5) is 13.6. The molecule has 0 aromatic carbocycles. The van der Waals surface area contributed by atoms with Crippen molar-refractivity contribution in [1.82, 2.24) is 4.90 Å². The van der Waals surface area contributed by atoms with E-state index in [-0.39, 0.29) is 17.2 Å². The van der Waals surface area contributed by atoms with E-state index < -0.39 is 0 Å². The second-order valence-electron chi connectivity index (χ2n) is 4.60. The Morgan fingerprint density at radius 3 is 2.36 bits per heavy atom. The summed E-state index contributed by atoms with van der Waals surface area (Å²) in [6, 6.07) is 0. The van der Waals surface area contributed by atoms with Crippen LogP contribution < -0.4 is 0 Å². The summed E-state index contributed by atoms with van der Waals surface area (Å²) < 4.78 is 4.85. The molecule has 3 nitrogen and oxygen atoms in total. The van der Waals surface area contributed by atoms with Crippen molar-refractivity contribution in [3.63, 3.8) is 0 Å². The number of carbonyl (C=O) groups excluding carboxylic acids is 1. The zero-order valence-electron chi connectivity index (χ0n) is 8.45. The minimum Gasteiger partial charge on any atom is -0.453 e. The Morgan fingerprint density at radius 2 is 1.86 bits per heavy atom. The van der Waals surface area contributed by atoms with Gasteiger partial charge in [-0.3, -0.25) is 4.90 Å². The lowest BCUT2D eigenvalue weighted by Crippen LogP contribution is -2.23. The Labute approximate surface area is 83.7 Å². The van der Waals surface area contributed by atoms with Crippen molar-refractivity contribution in [1.29, 1.82) is 0 Å². The molecule has 1 saturated carbocycles. The SMILES string of the molecule is COC(=O)N1C23CC=CCC12CCC3. The molecule has 1 heterocycles. The fraction of sp³-hybridized carbons (Fsp3) is 0.727. The third kappa shape index (κ3) is 0.656. The van der Waals surface area contributed by atoms with E-state index in [1.165, 1.54) is 13.5 Å². The highest BCUT2D eigenvalue weighted by Gasteiger charge is 2.78. The van der Waals surface area contributed by atoms with Crippen molar-refractivity contribution in [2.75, 3.05) is 7.11 Å². The summed E-state index contributed by atoms with van der Waals surface area (Å²) in [6.45, 7) is 0. The van der Waals surface area contributed by atoms with Crippen LogP contribution in [0.15, 0.2) is 12.2 Å². The van der Waals surface area contributed by atoms with Crippen LogP contribution in [0.1, 0.15) is 32.1 Å². The highest BCUT2D eigenvalue weighted by molar-refractivity contribution is 5.76. The molecule has 0 bridgehead atoms. The van der Waals surface area contributed by atoms with Crippen LogP contribution in [0, 0.1) is 0 Å². The molecule has 2 fully saturated rings. The average Bonchev–Trinajstić information content (AvgIpc) is 2.60. The zero-order valence-corrected chi connectivity index (χ0v) is 8.45. The number of carbonyl (C=O) groups is 1. The topological polar surface area (TPSA) is 29.3 Å². The predicted octanol–water partition coefficient (Wildman–Crippen LogP) is 2.08. The van der Waals surface area contributed by atoms with Crippen molar-refractivity contribution < 1.29 is 9.53 Å². The molecule has 76 valence electrons. The van der Waals surface area contributed by atoms with E-state index in [0.717, 1.165) is 25.7 Å². The van der Waals surface area contributed by atoms with Gasteiger partial charge in [-0.2, -0.15) is 0 Å². The maximum Gasteiger partial charge on any atom is 0.410 e. The van der Waals surface area contributed by atoms with E-state index in [2.05, 4.69) is 12.2 Å². The lowest BCUT2D eigenvalue weighted by molar-refractivity contribution is 0.138. The molecule has 3 aliphatic rings. The number of methoxy groups -OCH3 is 1. The summed E-state index contributed by atoms with van der Waals surface area (Å²) in [7, 11) is 1.48. The molecule has 1 aliphatic heterocycles. The first-order valence-electron chi connectivity index (χ1n) is 5.30. The molecule has 3 heteroatoms. The molecular weight excluding hydrogens is 178 g/mol. The van der Waals surface area contributed by atoms with Gasteiger partial charge in [-0.25, -0.2) is 4.79 Å². The first-order chi connectivity index (χ1) is 6.77. The van der Waals surface area contributed by atoms with Crippen LogP contribution in [-0.2, 0) is 4.74 Å². The Morgan fingerprint density at radius 1 is 1.29 bits per heavy atom. The lowest BCUT2D eigenvalue weighted by atomic mass is 9.86. The van der Waals surface area contributed by atoms with Gasteiger partial charge in [0.1, 0.15) is 0 Å². The van der Waals surface area contributed by atoms with Gasteiger partial charge in [0.2, 0.25) is 0 Å². The number of amides is 1. The van der Waals surface area contributed by atoms with Gasteiger partial charge in [-0.15, -0.1) is 0 Å². The molecule has 0 aromatic rings. The molecule has 1 amide bonds. The van der Waals surface area contributed by atoms with E-state index in [1.54, 1.807) is 0 Å². The Bertz CT molecular complexity index is 303. The first-order valence-corrected chi connectivity index (χ1v) is 5.30. The van der Waals surface area contributed by atoms with Gasteiger partial charge in [0, 0.05) is 0 Å². The van der Waals surface area contributed by atoms with E-state index in [4.69, 9.17) is 4.74 Å². The molecule has 1 saturated heterocycles. The van der Waals surface area contributed by atoms with Crippen LogP contribution in [0.25, 0.3) is 0 Å². The van der Waals surface area contributed by atoms with Crippen LogP contribution in [0.3, 0.4) is 0 Å². The third-order valence-corrected chi connectivity index (χ3v) is 4.29. The molecule has 0 aromatic heterocycles. The van der Waals surface area contributed by atoms with Crippen molar-refractivity contribution in [2.45, 2.75) is 43.2 Å². The van der Waals surface area contributed by atoms with E-state index >= 15 is 0 Å². The minimum atomic E-state index is -0.131. The average molecular weight is 193 g/mol. The standard InChI is InChI=1S/C11H15NO2/c1-14-9(13)12-10-5-2-3-6-11(10,12)8-4-7-10/h2-3H,4-8H2,1H3. The predicted molar refractivity (Wildman–Crippen MR) is 51.9 cm³/mol. The molecule has 2 unspecified atom stereocenters. The number of piperidine rings is 1. The van der Waals surface area contributed by atoms with Crippen LogP contribution in [0.5, 0.6) is 0 Å². The van der Waals surface area contributed by atoms with Crippen LogP contribution in [0.2, 0.25) is 0 Å². The Kier molecular flexibility index (Phi) is 1.38. The van der Waals surface area contributed by atoms with E-state index in [1.807, 2.05) is 4.90 Å². The van der Waals surface area contributed by atoms with Gasteiger partial charge < -0.3 is 4.74 Å². The number of nitrogens with zero attached hydrogens (tertiary/aromatic N) is 1. The molecule has 2 atom stereocenters. The third-order valence-electron chi connectivity index (χ3n) is 4.29. The summed E-state index contributed by atoms with van der Waals surface area (Å²) in [6.07, 6.45) is 9.94. The molecule has 0 N–H and O–H groups in total. The lowest BCUT2D eigenvalue weighted by Gasteiger charge is -2.13. The number of ether oxygens (including phenoxy) is 1. The van der Waals surface area contributed by atoms with Gasteiger partial charge in [-0.1, -0.05) is 12.2 Å². The smallest absolute Gasteiger partial charge is 0.410 e. The van der Waals surface area contributed by atoms with Crippen LogP contribution >= 0.6 is 0 Å². The van der Waals surface area contributed by atoms with Crippen LogP contribution in [-0.4, -0.2) is 29.2 Å². The normalized spacial score (nSPS) is 43.1. The van der Waals surface area contributed by atoms with Crippen LogP contribution in [0.4, 0.5) is 4.79 Å². The number of hydrogen-bond donors (Lipinski definition) is 0. The van der Waals surface area contributed by atoms with Crippen molar-refractivity contribution in [2.24, 2.45) is 0 Å². The number of likely N-dealkylation sites (tertiary alicyclic amines) is 1. The Balaban J connectivity index is 1.96. The largest absolute Gasteiger partial charge is 0.453 e. The second kappa shape index (κ2) is 2.33. The Hall–Kier alpha value is -0.990. The van der Waals surface area contributed by atoms with E-state index in [0.29, 0.717) is 0 Å². The summed E-state index contributed by atoms with van der Waals surface area (Å²) in [5.74, 6) is 0. The van der Waals surface area contributed by atoms with Crippen molar-refractivity contribution in [3.8, 4) is 0 Å². The molecule has 0 radical (unpaired) electrons. The van der Waals surface area contributed by atoms with Gasteiger partial charge >= 0.3 is 6.09 Å². The summed E-state index contributed by atoms with van der Waals surface area (Å²) in [5, 5.41) is 0. The second-order valence-corrected chi connectivity index (χ2v) is 4.60. The molecular formula is C11H15NO2. The van der Waals surface area contributed by atoms with Gasteiger partial charge in [0.25, 0.3) is 0 Å². The first kappa shape index (κ1) is 8.33. The van der Waals surface area contributed by atoms with Crippen molar-refractivity contribution in [3.05, 3.63) is 12.2 Å². The molecule has 14 heavy (non-hydrogen) atoms. The highest BCUT2D eigenvalue weighted by Crippen LogP contribution is 2.67. The van der Waals surface area contributed by atoms with Crippen molar-refractivity contribution >= 4 is 6.09 Å². The summed E-state index contributed by atoms with van der Waals surface area (Å²) >= 11 is 0. The van der Waals surface area contributed by atoms with Gasteiger partial charge in [0.05, 0.1) is 18.2 Å². The molecule has 3 rings (SSSR count). The zero-order chi connectivity index (χ0) is 9.81. The molecule has 0 spiro atoms. The highest BCUT2D eigenvalue weighted by atomic mass is 16.5. The minimum absolute atomic E-state index is 0.131. The fourth-order valence-corrected chi connectivity index (χ4v) is 3.69. The van der Waals surface area contributed by atoms with Gasteiger partial charge in [0.15, 0.2) is 0 Å². The quantitative estimate of drug-likeness (QED) is 0.435. The fourth-order valence-electron chi connectivity index (χ4n) is 3.69. The van der Waals surface area contributed by atoms with E-state index in [9.17, 15) is 4.79 Å².